The lowest BCUT2D eigenvalue weighted by atomic mass is 9.86. The van der Waals surface area contributed by atoms with Gasteiger partial charge >= 0.3 is 0 Å². The van der Waals surface area contributed by atoms with Gasteiger partial charge in [-0.05, 0) is 63.2 Å². The summed E-state index contributed by atoms with van der Waals surface area (Å²) >= 11 is 5.95. The minimum Gasteiger partial charge on any atom is -0.506 e. The second-order valence-electron chi connectivity index (χ2n) is 10.6. The second kappa shape index (κ2) is 11.7. The molecule has 1 fully saturated rings. The number of nitrogens with one attached hydrogen (secondary N) is 1. The fourth-order valence-electron chi connectivity index (χ4n) is 5.12. The molecule has 36 heavy (non-hydrogen) atoms. The van der Waals surface area contributed by atoms with Gasteiger partial charge in [0.05, 0.1) is 23.5 Å². The number of ether oxygens (including phenoxy) is 1. The van der Waals surface area contributed by atoms with Crippen molar-refractivity contribution in [3.8, 4) is 28.4 Å². The monoisotopic (exact) mass is 511 g/mol. The number of aromatic hydroxyl groups is 1. The van der Waals surface area contributed by atoms with Gasteiger partial charge in [0.1, 0.15) is 11.6 Å². The summed E-state index contributed by atoms with van der Waals surface area (Å²) in [6.07, 6.45) is 6.12. The molecule has 0 aliphatic carbocycles. The number of hydrogen-bond donors (Lipinski definition) is 2. The first-order valence-corrected chi connectivity index (χ1v) is 13.0. The van der Waals surface area contributed by atoms with Crippen molar-refractivity contribution in [3.05, 3.63) is 53.4 Å². The number of methoxy groups -OCH3 is 1. The minimum absolute atomic E-state index is 0.0547. The number of rotatable bonds is 10. The lowest BCUT2D eigenvalue weighted by molar-refractivity contribution is 0.107. The standard InChI is InChI=1S/C28H38ClN5O2/c1-28(2,19-33(3)18-20-8-11-34(12-9-20)13-14-36-4)26-16-22(7-10-30-26)27-31-17-24(32-27)21-5-6-23(29)25(35)15-21/h5-7,10,15-17,20,35H,8-9,11-14,18-19H2,1-4H3,(H,31,32). The third-order valence-electron chi connectivity index (χ3n) is 7.11. The number of pyridine rings is 1. The molecule has 0 unspecified atom stereocenters. The Balaban J connectivity index is 1.38. The Morgan fingerprint density at radius 2 is 1.94 bits per heavy atom. The van der Waals surface area contributed by atoms with Crippen molar-refractivity contribution in [2.75, 3.05) is 53.5 Å². The molecule has 7 nitrogen and oxygen atoms in total. The fourth-order valence-corrected chi connectivity index (χ4v) is 5.23. The third kappa shape index (κ3) is 6.65. The maximum absolute atomic E-state index is 9.94. The van der Waals surface area contributed by atoms with Crippen molar-refractivity contribution in [1.82, 2.24) is 24.8 Å². The Bertz CT molecular complexity index is 1140. The Morgan fingerprint density at radius 3 is 2.67 bits per heavy atom. The van der Waals surface area contributed by atoms with Crippen LogP contribution in [-0.4, -0.2) is 83.3 Å². The quantitative estimate of drug-likeness (QED) is 0.396. The van der Waals surface area contributed by atoms with Crippen molar-refractivity contribution in [1.29, 1.82) is 0 Å². The van der Waals surface area contributed by atoms with Crippen molar-refractivity contribution < 1.29 is 9.84 Å². The molecule has 0 spiro atoms. The van der Waals surface area contributed by atoms with Crippen LogP contribution in [0, 0.1) is 5.92 Å². The zero-order valence-electron chi connectivity index (χ0n) is 21.8. The first-order chi connectivity index (χ1) is 17.2. The van der Waals surface area contributed by atoms with E-state index in [1.165, 1.54) is 12.8 Å². The van der Waals surface area contributed by atoms with Gasteiger partial charge in [-0.2, -0.15) is 0 Å². The van der Waals surface area contributed by atoms with Crippen LogP contribution in [0.2, 0.25) is 5.02 Å². The van der Waals surface area contributed by atoms with Gasteiger partial charge in [-0.1, -0.05) is 31.5 Å². The van der Waals surface area contributed by atoms with Crippen LogP contribution in [0.1, 0.15) is 32.4 Å². The highest BCUT2D eigenvalue weighted by Gasteiger charge is 2.27. The smallest absolute Gasteiger partial charge is 0.137 e. The summed E-state index contributed by atoms with van der Waals surface area (Å²) in [4.78, 5) is 17.6. The number of piperidine rings is 1. The van der Waals surface area contributed by atoms with Crippen molar-refractivity contribution in [2.24, 2.45) is 5.92 Å². The summed E-state index contributed by atoms with van der Waals surface area (Å²) in [5.41, 5.74) is 3.58. The summed E-state index contributed by atoms with van der Waals surface area (Å²) in [5, 5.41) is 10.3. The van der Waals surface area contributed by atoms with Crippen LogP contribution in [0.3, 0.4) is 0 Å². The number of phenolic OH excluding ortho intramolecular Hbond substituents is 1. The Morgan fingerprint density at radius 1 is 1.17 bits per heavy atom. The summed E-state index contributed by atoms with van der Waals surface area (Å²) in [7, 11) is 4.00. The zero-order valence-corrected chi connectivity index (χ0v) is 22.6. The van der Waals surface area contributed by atoms with Gasteiger partial charge in [-0.15, -0.1) is 0 Å². The normalized spacial score (nSPS) is 15.6. The van der Waals surface area contributed by atoms with Crippen LogP contribution in [0.5, 0.6) is 5.75 Å². The minimum atomic E-state index is -0.110. The predicted molar refractivity (Wildman–Crippen MR) is 145 cm³/mol. The van der Waals surface area contributed by atoms with Crippen LogP contribution in [0.25, 0.3) is 22.6 Å². The average molecular weight is 512 g/mol. The highest BCUT2D eigenvalue weighted by molar-refractivity contribution is 6.32. The predicted octanol–water partition coefficient (Wildman–Crippen LogP) is 5.07. The molecule has 2 N–H and O–H groups in total. The first kappa shape index (κ1) is 26.6. The van der Waals surface area contributed by atoms with E-state index < -0.39 is 0 Å². The molecule has 1 aliphatic heterocycles. The van der Waals surface area contributed by atoms with E-state index in [9.17, 15) is 5.11 Å². The number of benzene rings is 1. The number of imidazole rings is 1. The van der Waals surface area contributed by atoms with Crippen LogP contribution in [-0.2, 0) is 10.2 Å². The average Bonchev–Trinajstić information content (AvgIpc) is 3.35. The zero-order chi connectivity index (χ0) is 25.7. The molecule has 1 aromatic carbocycles. The maximum Gasteiger partial charge on any atom is 0.137 e. The highest BCUT2D eigenvalue weighted by Crippen LogP contribution is 2.31. The van der Waals surface area contributed by atoms with Gasteiger partial charge in [0.2, 0.25) is 0 Å². The molecule has 3 heterocycles. The summed E-state index contributed by atoms with van der Waals surface area (Å²) in [6.45, 7) is 10.7. The molecule has 3 aromatic rings. The molecule has 0 bridgehead atoms. The van der Waals surface area contributed by atoms with E-state index in [1.54, 1.807) is 25.4 Å². The molecule has 4 rings (SSSR count). The van der Waals surface area contributed by atoms with Gasteiger partial charge in [-0.3, -0.25) is 4.98 Å². The third-order valence-corrected chi connectivity index (χ3v) is 7.43. The lowest BCUT2D eigenvalue weighted by Crippen LogP contribution is -2.42. The number of H-pyrrole nitrogens is 1. The number of nitrogens with zero attached hydrogens (tertiary/aromatic N) is 4. The number of phenols is 1. The van der Waals surface area contributed by atoms with E-state index in [-0.39, 0.29) is 11.2 Å². The maximum atomic E-state index is 9.94. The molecule has 0 saturated carbocycles. The lowest BCUT2D eigenvalue weighted by Gasteiger charge is -2.36. The second-order valence-corrected chi connectivity index (χ2v) is 11.0. The summed E-state index contributed by atoms with van der Waals surface area (Å²) in [6, 6.07) is 9.29. The number of halogens is 1. The summed E-state index contributed by atoms with van der Waals surface area (Å²) < 4.78 is 5.22. The number of likely N-dealkylation sites (N-methyl/N-ethyl adjacent to an activating group) is 1. The number of aromatic amines is 1. The fraction of sp³-hybridized carbons (Fsp3) is 0.500. The first-order valence-electron chi connectivity index (χ1n) is 12.7. The van der Waals surface area contributed by atoms with E-state index in [0.717, 1.165) is 73.6 Å². The number of aromatic nitrogens is 3. The summed E-state index contributed by atoms with van der Waals surface area (Å²) in [5.74, 6) is 1.56. The Hall–Kier alpha value is -2.45. The van der Waals surface area contributed by atoms with E-state index in [4.69, 9.17) is 21.3 Å². The van der Waals surface area contributed by atoms with Crippen molar-refractivity contribution in [2.45, 2.75) is 32.1 Å². The molecular formula is C28H38ClN5O2. The van der Waals surface area contributed by atoms with Crippen molar-refractivity contribution in [3.63, 3.8) is 0 Å². The molecular weight excluding hydrogens is 474 g/mol. The molecule has 194 valence electrons. The topological polar surface area (TPSA) is 77.5 Å². The van der Waals surface area contributed by atoms with Crippen LogP contribution in [0.4, 0.5) is 0 Å². The van der Waals surface area contributed by atoms with Gasteiger partial charge in [0.25, 0.3) is 0 Å². The largest absolute Gasteiger partial charge is 0.506 e. The van der Waals surface area contributed by atoms with Gasteiger partial charge < -0.3 is 24.6 Å². The van der Waals surface area contributed by atoms with E-state index in [1.807, 2.05) is 18.3 Å². The molecule has 0 atom stereocenters. The van der Waals surface area contributed by atoms with E-state index >= 15 is 0 Å². The highest BCUT2D eigenvalue weighted by atomic mass is 35.5. The molecule has 1 aliphatic rings. The Kier molecular flexibility index (Phi) is 8.67. The van der Waals surface area contributed by atoms with Gasteiger partial charge in [0, 0.05) is 55.2 Å². The Labute approximate surface area is 219 Å². The molecule has 2 aromatic heterocycles. The van der Waals surface area contributed by atoms with Crippen LogP contribution in [0.15, 0.2) is 42.7 Å². The molecule has 0 radical (unpaired) electrons. The van der Waals surface area contributed by atoms with Crippen LogP contribution >= 0.6 is 11.6 Å². The number of likely N-dealkylation sites (tertiary alicyclic amines) is 1. The molecule has 1 saturated heterocycles. The molecule has 0 amide bonds. The number of hydrogen-bond acceptors (Lipinski definition) is 6. The van der Waals surface area contributed by atoms with E-state index in [0.29, 0.717) is 5.02 Å². The molecule has 8 heteroatoms. The van der Waals surface area contributed by atoms with Crippen LogP contribution < -0.4 is 0 Å². The van der Waals surface area contributed by atoms with Crippen molar-refractivity contribution >= 4 is 11.6 Å². The van der Waals surface area contributed by atoms with Gasteiger partial charge in [-0.25, -0.2) is 4.98 Å². The van der Waals surface area contributed by atoms with Gasteiger partial charge in [0.15, 0.2) is 0 Å². The van der Waals surface area contributed by atoms with E-state index in [2.05, 4.69) is 46.7 Å². The SMILES string of the molecule is COCCN1CCC(CN(C)CC(C)(C)c2cc(-c3ncc(-c4ccc(Cl)c(O)c4)[nH]3)ccn2)CC1.